The predicted octanol–water partition coefficient (Wildman–Crippen LogP) is 4.77. The van der Waals surface area contributed by atoms with Gasteiger partial charge >= 0.3 is 0 Å². The van der Waals surface area contributed by atoms with Crippen LogP contribution in [0.25, 0.3) is 0 Å². The highest BCUT2D eigenvalue weighted by Crippen LogP contribution is 2.30. The molecule has 1 N–H and O–H groups in total. The molecule has 182 valence electrons. The summed E-state index contributed by atoms with van der Waals surface area (Å²) < 4.78 is 5.71. The Kier molecular flexibility index (Phi) is 8.31. The Morgan fingerprint density at radius 3 is 2.58 bits per heavy atom. The number of halogens is 1. The van der Waals surface area contributed by atoms with Crippen LogP contribution < -0.4 is 5.32 Å². The smallest absolute Gasteiger partial charge is 0.226 e. The highest BCUT2D eigenvalue weighted by molar-refractivity contribution is 6.31. The number of carbonyl (C=O) groups excluding carboxylic acids is 2. The Labute approximate surface area is 203 Å². The van der Waals surface area contributed by atoms with Crippen LogP contribution in [0.15, 0.2) is 12.1 Å². The summed E-state index contributed by atoms with van der Waals surface area (Å²) in [5.74, 6) is 0.566. The van der Waals surface area contributed by atoms with Crippen molar-refractivity contribution in [1.29, 1.82) is 0 Å². The van der Waals surface area contributed by atoms with Crippen molar-refractivity contribution < 1.29 is 14.3 Å². The Morgan fingerprint density at radius 1 is 1.12 bits per heavy atom. The van der Waals surface area contributed by atoms with Gasteiger partial charge in [-0.1, -0.05) is 24.4 Å². The number of benzene rings is 1. The topological polar surface area (TPSA) is 61.9 Å². The molecule has 3 fully saturated rings. The molecule has 0 aromatic heterocycles. The van der Waals surface area contributed by atoms with Crippen molar-refractivity contribution in [3.8, 4) is 0 Å². The van der Waals surface area contributed by atoms with Crippen molar-refractivity contribution in [2.24, 2.45) is 5.92 Å². The molecule has 6 nitrogen and oxygen atoms in total. The van der Waals surface area contributed by atoms with Gasteiger partial charge in [-0.15, -0.1) is 0 Å². The summed E-state index contributed by atoms with van der Waals surface area (Å²) in [7, 11) is 0. The summed E-state index contributed by atoms with van der Waals surface area (Å²) >= 11 is 6.43. The molecule has 0 bridgehead atoms. The molecule has 4 rings (SSSR count). The minimum Gasteiger partial charge on any atom is -0.378 e. The zero-order valence-corrected chi connectivity index (χ0v) is 20.8. The van der Waals surface area contributed by atoms with Gasteiger partial charge in [-0.3, -0.25) is 14.5 Å². The van der Waals surface area contributed by atoms with Crippen molar-refractivity contribution in [3.63, 3.8) is 0 Å². The van der Waals surface area contributed by atoms with Crippen LogP contribution in [0.5, 0.6) is 0 Å². The summed E-state index contributed by atoms with van der Waals surface area (Å²) in [5, 5.41) is 3.69. The number of piperazine rings is 1. The van der Waals surface area contributed by atoms with E-state index in [-0.39, 0.29) is 24.0 Å². The van der Waals surface area contributed by atoms with Crippen molar-refractivity contribution in [1.82, 2.24) is 9.80 Å². The van der Waals surface area contributed by atoms with Gasteiger partial charge in [0.25, 0.3) is 0 Å². The maximum absolute atomic E-state index is 12.9. The van der Waals surface area contributed by atoms with Crippen molar-refractivity contribution in [2.75, 3.05) is 31.6 Å². The largest absolute Gasteiger partial charge is 0.378 e. The second-order valence-corrected chi connectivity index (χ2v) is 10.5. The van der Waals surface area contributed by atoms with Gasteiger partial charge in [-0.05, 0) is 69.2 Å². The molecular formula is C26H38ClN3O3. The van der Waals surface area contributed by atoms with Gasteiger partial charge in [0.2, 0.25) is 11.8 Å². The van der Waals surface area contributed by atoms with Gasteiger partial charge in [-0.25, -0.2) is 0 Å². The zero-order chi connectivity index (χ0) is 23.4. The number of ether oxygens (including phenoxy) is 1. The summed E-state index contributed by atoms with van der Waals surface area (Å²) in [4.78, 5) is 30.0. The average molecular weight is 476 g/mol. The Balaban J connectivity index is 1.35. The lowest BCUT2D eigenvalue weighted by Crippen LogP contribution is -2.54. The van der Waals surface area contributed by atoms with E-state index in [1.165, 1.54) is 12.8 Å². The molecule has 2 atom stereocenters. The van der Waals surface area contributed by atoms with E-state index in [4.69, 9.17) is 16.3 Å². The predicted molar refractivity (Wildman–Crippen MR) is 131 cm³/mol. The van der Waals surface area contributed by atoms with Crippen molar-refractivity contribution in [3.05, 3.63) is 28.3 Å². The average Bonchev–Trinajstić information content (AvgIpc) is 3.32. The van der Waals surface area contributed by atoms with Gasteiger partial charge in [0.05, 0.1) is 12.5 Å². The minimum atomic E-state index is -0.0223. The van der Waals surface area contributed by atoms with Crippen LogP contribution in [0.1, 0.15) is 69.4 Å². The van der Waals surface area contributed by atoms with Crippen LogP contribution in [0.4, 0.5) is 5.69 Å². The van der Waals surface area contributed by atoms with Crippen LogP contribution in [0.2, 0.25) is 5.02 Å². The third-order valence-corrected chi connectivity index (χ3v) is 7.75. The van der Waals surface area contributed by atoms with Gasteiger partial charge in [0.15, 0.2) is 0 Å². The molecule has 7 heteroatoms. The van der Waals surface area contributed by atoms with Gasteiger partial charge in [-0.2, -0.15) is 0 Å². The maximum Gasteiger partial charge on any atom is 0.226 e. The standard InChI is InChI=1S/C26H38ClN3O3/c1-18-16-29(10-11-30(18)26(32)20-7-3-4-8-20)17-21-13-22(27)14-24(19(21)2)28-25(31)15-23-9-5-6-12-33-23/h13-14,18,20,23H,3-12,15-17H2,1-2H3,(H,28,31). The minimum absolute atomic E-state index is 0.0161. The van der Waals surface area contributed by atoms with Gasteiger partial charge < -0.3 is 15.0 Å². The first-order valence-electron chi connectivity index (χ1n) is 12.6. The number of rotatable bonds is 6. The van der Waals surface area contributed by atoms with Crippen LogP contribution in [0.3, 0.4) is 0 Å². The van der Waals surface area contributed by atoms with E-state index in [1.807, 2.05) is 19.1 Å². The Hall–Kier alpha value is -1.63. The molecule has 1 saturated carbocycles. The number of hydrogen-bond donors (Lipinski definition) is 1. The number of hydrogen-bond acceptors (Lipinski definition) is 4. The summed E-state index contributed by atoms with van der Waals surface area (Å²) in [6, 6.07) is 4.04. The number of nitrogens with zero attached hydrogens (tertiary/aromatic N) is 2. The molecule has 1 aromatic rings. The lowest BCUT2D eigenvalue weighted by atomic mass is 10.0. The molecule has 1 aromatic carbocycles. The number of anilines is 1. The summed E-state index contributed by atoms with van der Waals surface area (Å²) in [6.07, 6.45) is 8.02. The Bertz CT molecular complexity index is 849. The SMILES string of the molecule is Cc1c(CN2CCN(C(=O)C3CCCC3)C(C)C2)cc(Cl)cc1NC(=O)CC1CCCCO1. The first-order valence-corrected chi connectivity index (χ1v) is 13.0. The molecule has 2 heterocycles. The first kappa shape index (κ1) is 24.5. The highest BCUT2D eigenvalue weighted by Gasteiger charge is 2.33. The molecule has 3 aliphatic rings. The van der Waals surface area contributed by atoms with Crippen LogP contribution in [-0.2, 0) is 20.9 Å². The normalized spacial score (nSPS) is 24.8. The van der Waals surface area contributed by atoms with Crippen molar-refractivity contribution in [2.45, 2.75) is 83.9 Å². The monoisotopic (exact) mass is 475 g/mol. The van der Waals surface area contributed by atoms with Gasteiger partial charge in [0.1, 0.15) is 0 Å². The lowest BCUT2D eigenvalue weighted by Gasteiger charge is -2.41. The fraction of sp³-hybridized carbons (Fsp3) is 0.692. The molecular weight excluding hydrogens is 438 g/mol. The molecule has 1 aliphatic carbocycles. The third-order valence-electron chi connectivity index (χ3n) is 7.53. The van der Waals surface area contributed by atoms with Crippen molar-refractivity contribution >= 4 is 29.1 Å². The second-order valence-electron chi connectivity index (χ2n) is 10.1. The van der Waals surface area contributed by atoms with E-state index in [0.717, 1.165) is 81.7 Å². The van der Waals surface area contributed by atoms with E-state index < -0.39 is 0 Å². The summed E-state index contributed by atoms with van der Waals surface area (Å²) in [6.45, 7) is 8.19. The van der Waals surface area contributed by atoms with E-state index in [2.05, 4.69) is 22.0 Å². The fourth-order valence-corrected chi connectivity index (χ4v) is 5.80. The quantitative estimate of drug-likeness (QED) is 0.643. The number of nitrogens with one attached hydrogen (secondary N) is 1. The first-order chi connectivity index (χ1) is 15.9. The molecule has 2 amide bonds. The number of carbonyl (C=O) groups is 2. The molecule has 33 heavy (non-hydrogen) atoms. The van der Waals surface area contributed by atoms with E-state index in [0.29, 0.717) is 17.4 Å². The molecule has 2 saturated heterocycles. The molecule has 0 spiro atoms. The second kappa shape index (κ2) is 11.2. The number of amides is 2. The van der Waals surface area contributed by atoms with Crippen LogP contribution in [-0.4, -0.2) is 60.0 Å². The fourth-order valence-electron chi connectivity index (χ4n) is 5.56. The zero-order valence-electron chi connectivity index (χ0n) is 20.1. The highest BCUT2D eigenvalue weighted by atomic mass is 35.5. The molecule has 2 aliphatic heterocycles. The molecule has 0 radical (unpaired) electrons. The maximum atomic E-state index is 12.9. The third kappa shape index (κ3) is 6.28. The summed E-state index contributed by atoms with van der Waals surface area (Å²) in [5.41, 5.74) is 2.95. The van der Waals surface area contributed by atoms with Crippen LogP contribution >= 0.6 is 11.6 Å². The van der Waals surface area contributed by atoms with Gasteiger partial charge in [0, 0.05) is 55.5 Å². The lowest BCUT2D eigenvalue weighted by molar-refractivity contribution is -0.140. The Morgan fingerprint density at radius 2 is 1.88 bits per heavy atom. The van der Waals surface area contributed by atoms with Crippen LogP contribution in [0, 0.1) is 12.8 Å². The van der Waals surface area contributed by atoms with E-state index >= 15 is 0 Å². The molecule has 2 unspecified atom stereocenters. The van der Waals surface area contributed by atoms with E-state index in [1.54, 1.807) is 0 Å². The van der Waals surface area contributed by atoms with E-state index in [9.17, 15) is 9.59 Å².